The molecule has 0 bridgehead atoms. The van der Waals surface area contributed by atoms with Gasteiger partial charge in [0, 0.05) is 32.2 Å². The van der Waals surface area contributed by atoms with Gasteiger partial charge in [-0.25, -0.2) is 0 Å². The minimum atomic E-state index is -3.22. The largest absolute Gasteiger partial charge is 0.314 e. The molecular formula is C9H19N3O2S. The molecule has 0 aromatic heterocycles. The Hall–Kier alpha value is -0.170. The van der Waals surface area contributed by atoms with Crippen molar-refractivity contribution in [2.45, 2.75) is 31.7 Å². The summed E-state index contributed by atoms with van der Waals surface area (Å²) in [7, 11) is -3.22. The molecule has 1 saturated heterocycles. The summed E-state index contributed by atoms with van der Waals surface area (Å²) in [4.78, 5) is 0. The first-order chi connectivity index (χ1) is 7.18. The average Bonchev–Trinajstić information content (AvgIpc) is 2.71. The molecule has 0 aromatic carbocycles. The fourth-order valence-corrected chi connectivity index (χ4v) is 3.68. The van der Waals surface area contributed by atoms with Crippen molar-refractivity contribution in [1.29, 1.82) is 0 Å². The fourth-order valence-electron chi connectivity index (χ4n) is 2.21. The molecule has 0 radical (unpaired) electrons. The van der Waals surface area contributed by atoms with Crippen LogP contribution in [0.3, 0.4) is 0 Å². The molecule has 1 heterocycles. The van der Waals surface area contributed by atoms with Crippen molar-refractivity contribution in [1.82, 2.24) is 14.3 Å². The second-order valence-electron chi connectivity index (χ2n) is 4.25. The predicted octanol–water partition coefficient (Wildman–Crippen LogP) is -0.331. The summed E-state index contributed by atoms with van der Waals surface area (Å²) in [5.74, 6) is 0. The lowest BCUT2D eigenvalue weighted by Gasteiger charge is -2.28. The molecule has 15 heavy (non-hydrogen) atoms. The van der Waals surface area contributed by atoms with Gasteiger partial charge in [-0.1, -0.05) is 12.8 Å². The Bertz CT molecular complexity index is 292. The van der Waals surface area contributed by atoms with E-state index in [0.717, 1.165) is 38.8 Å². The van der Waals surface area contributed by atoms with Crippen LogP contribution in [-0.4, -0.2) is 44.9 Å². The molecule has 2 N–H and O–H groups in total. The van der Waals surface area contributed by atoms with E-state index in [1.165, 1.54) is 0 Å². The van der Waals surface area contributed by atoms with E-state index in [4.69, 9.17) is 0 Å². The molecule has 1 saturated carbocycles. The number of nitrogens with zero attached hydrogens (tertiary/aromatic N) is 1. The zero-order valence-corrected chi connectivity index (χ0v) is 9.72. The number of rotatable bonds is 3. The van der Waals surface area contributed by atoms with Gasteiger partial charge in [0.15, 0.2) is 0 Å². The smallest absolute Gasteiger partial charge is 0.279 e. The van der Waals surface area contributed by atoms with Crippen LogP contribution in [0.4, 0.5) is 0 Å². The average molecular weight is 233 g/mol. The normalized spacial score (nSPS) is 25.9. The Morgan fingerprint density at radius 1 is 1.13 bits per heavy atom. The molecule has 2 rings (SSSR count). The van der Waals surface area contributed by atoms with E-state index in [2.05, 4.69) is 10.0 Å². The van der Waals surface area contributed by atoms with Crippen LogP contribution in [0.5, 0.6) is 0 Å². The first-order valence-corrected chi connectivity index (χ1v) is 7.10. The summed E-state index contributed by atoms with van der Waals surface area (Å²) in [5.41, 5.74) is 0. The number of hydrogen-bond acceptors (Lipinski definition) is 3. The Labute approximate surface area is 91.4 Å². The molecule has 88 valence electrons. The van der Waals surface area contributed by atoms with Crippen LogP contribution in [0, 0.1) is 0 Å². The highest BCUT2D eigenvalue weighted by molar-refractivity contribution is 7.87. The molecule has 2 aliphatic rings. The summed E-state index contributed by atoms with van der Waals surface area (Å²) in [6.45, 7) is 2.68. The van der Waals surface area contributed by atoms with Gasteiger partial charge in [-0.05, 0) is 12.8 Å². The zero-order valence-electron chi connectivity index (χ0n) is 8.91. The van der Waals surface area contributed by atoms with Gasteiger partial charge >= 0.3 is 0 Å². The van der Waals surface area contributed by atoms with E-state index in [9.17, 15) is 8.42 Å². The maximum absolute atomic E-state index is 11.9. The molecule has 0 aromatic rings. The van der Waals surface area contributed by atoms with Gasteiger partial charge in [-0.2, -0.15) is 17.4 Å². The molecule has 6 heteroatoms. The Morgan fingerprint density at radius 2 is 1.73 bits per heavy atom. The van der Waals surface area contributed by atoms with E-state index in [0.29, 0.717) is 13.1 Å². The fraction of sp³-hybridized carbons (Fsp3) is 1.00. The van der Waals surface area contributed by atoms with Gasteiger partial charge in [0.05, 0.1) is 0 Å². The molecule has 2 fully saturated rings. The molecule has 1 aliphatic heterocycles. The van der Waals surface area contributed by atoms with Crippen molar-refractivity contribution >= 4 is 10.2 Å². The van der Waals surface area contributed by atoms with Gasteiger partial charge in [0.1, 0.15) is 0 Å². The van der Waals surface area contributed by atoms with Crippen molar-refractivity contribution < 1.29 is 8.42 Å². The summed E-state index contributed by atoms with van der Waals surface area (Å²) in [5, 5.41) is 3.15. The maximum atomic E-state index is 11.9. The topological polar surface area (TPSA) is 61.4 Å². The van der Waals surface area contributed by atoms with Gasteiger partial charge in [0.2, 0.25) is 0 Å². The first kappa shape index (κ1) is 11.3. The van der Waals surface area contributed by atoms with E-state index in [1.807, 2.05) is 0 Å². The Balaban J connectivity index is 1.92. The van der Waals surface area contributed by atoms with Gasteiger partial charge in [-0.3, -0.25) is 0 Å². The highest BCUT2D eigenvalue weighted by atomic mass is 32.2. The first-order valence-electron chi connectivity index (χ1n) is 5.66. The van der Waals surface area contributed by atoms with Crippen molar-refractivity contribution in [3.63, 3.8) is 0 Å². The van der Waals surface area contributed by atoms with Gasteiger partial charge < -0.3 is 5.32 Å². The third kappa shape index (κ3) is 2.90. The molecule has 1 aliphatic carbocycles. The molecule has 0 amide bonds. The number of hydrogen-bond donors (Lipinski definition) is 2. The van der Waals surface area contributed by atoms with Gasteiger partial charge in [0.25, 0.3) is 10.2 Å². The lowest BCUT2D eigenvalue weighted by atomic mass is 10.3. The van der Waals surface area contributed by atoms with Crippen LogP contribution < -0.4 is 10.0 Å². The quantitative estimate of drug-likeness (QED) is 0.701. The molecule has 0 unspecified atom stereocenters. The Kier molecular flexibility index (Phi) is 3.60. The van der Waals surface area contributed by atoms with Crippen LogP contribution in [0.2, 0.25) is 0 Å². The maximum Gasteiger partial charge on any atom is 0.279 e. The minimum absolute atomic E-state index is 0.171. The molecule has 0 spiro atoms. The van der Waals surface area contributed by atoms with Crippen LogP contribution in [0.25, 0.3) is 0 Å². The highest BCUT2D eigenvalue weighted by Gasteiger charge is 2.27. The van der Waals surface area contributed by atoms with Crippen molar-refractivity contribution in [3.05, 3.63) is 0 Å². The van der Waals surface area contributed by atoms with Crippen molar-refractivity contribution in [2.24, 2.45) is 0 Å². The summed E-state index contributed by atoms with van der Waals surface area (Å²) in [6, 6.07) is 0.171. The van der Waals surface area contributed by atoms with E-state index < -0.39 is 10.2 Å². The summed E-state index contributed by atoms with van der Waals surface area (Å²) >= 11 is 0. The van der Waals surface area contributed by atoms with Crippen molar-refractivity contribution in [3.8, 4) is 0 Å². The van der Waals surface area contributed by atoms with Crippen LogP contribution in [-0.2, 0) is 10.2 Å². The van der Waals surface area contributed by atoms with E-state index >= 15 is 0 Å². The lowest BCUT2D eigenvalue weighted by molar-refractivity contribution is 0.351. The SMILES string of the molecule is O=S(=O)(NC1CCCC1)N1CCNCC1. The minimum Gasteiger partial charge on any atom is -0.314 e. The van der Waals surface area contributed by atoms with Crippen LogP contribution in [0.15, 0.2) is 0 Å². The zero-order chi connectivity index (χ0) is 10.7. The standard InChI is InChI=1S/C9H19N3O2S/c13-15(14,11-9-3-1-2-4-9)12-7-5-10-6-8-12/h9-11H,1-8H2. The molecule has 5 nitrogen and oxygen atoms in total. The predicted molar refractivity (Wildman–Crippen MR) is 58.8 cm³/mol. The monoisotopic (exact) mass is 233 g/mol. The second kappa shape index (κ2) is 4.78. The number of nitrogens with one attached hydrogen (secondary N) is 2. The Morgan fingerprint density at radius 3 is 2.33 bits per heavy atom. The van der Waals surface area contributed by atoms with E-state index in [1.54, 1.807) is 4.31 Å². The molecule has 0 atom stereocenters. The third-order valence-electron chi connectivity index (χ3n) is 3.09. The van der Waals surface area contributed by atoms with Crippen molar-refractivity contribution in [2.75, 3.05) is 26.2 Å². The number of piperazine rings is 1. The lowest BCUT2D eigenvalue weighted by Crippen LogP contribution is -2.52. The van der Waals surface area contributed by atoms with E-state index in [-0.39, 0.29) is 6.04 Å². The van der Waals surface area contributed by atoms with Crippen LogP contribution >= 0.6 is 0 Å². The third-order valence-corrected chi connectivity index (χ3v) is 4.76. The summed E-state index contributed by atoms with van der Waals surface area (Å²) < 4.78 is 28.2. The summed E-state index contributed by atoms with van der Waals surface area (Å²) in [6.07, 6.45) is 4.28. The highest BCUT2D eigenvalue weighted by Crippen LogP contribution is 2.19. The van der Waals surface area contributed by atoms with Crippen LogP contribution in [0.1, 0.15) is 25.7 Å². The van der Waals surface area contributed by atoms with Gasteiger partial charge in [-0.15, -0.1) is 0 Å². The molecular weight excluding hydrogens is 214 g/mol. The second-order valence-corrected chi connectivity index (χ2v) is 5.96.